The van der Waals surface area contributed by atoms with Gasteiger partial charge >= 0.3 is 5.97 Å². The van der Waals surface area contributed by atoms with E-state index in [9.17, 15) is 9.59 Å². The number of methoxy groups -OCH3 is 1. The first-order valence-corrected chi connectivity index (χ1v) is 11.1. The van der Waals surface area contributed by atoms with E-state index in [0.717, 1.165) is 16.5 Å². The molecule has 1 heterocycles. The van der Waals surface area contributed by atoms with Crippen LogP contribution in [0.15, 0.2) is 72.9 Å². The standard InChI is InChI=1S/C26H22Cl2N2O3/c1-16(21-11-8-19(14-23(21)28)26(32)33-2)29-25(31)22-5-3-4-18-12-13-30(24(18)22)15-17-6-9-20(27)10-7-17/h3-14,16H,15H2,1-2H3,(H,29,31)/t16-/m0/s1. The number of benzene rings is 3. The SMILES string of the molecule is COC(=O)c1ccc([C@H](C)NC(=O)c2cccc3ccn(Cc4ccc(Cl)cc4)c23)c(Cl)c1. The van der Waals surface area contributed by atoms with E-state index in [4.69, 9.17) is 27.9 Å². The van der Waals surface area contributed by atoms with Crippen LogP contribution in [-0.2, 0) is 11.3 Å². The van der Waals surface area contributed by atoms with Gasteiger partial charge in [-0.15, -0.1) is 0 Å². The molecule has 0 radical (unpaired) electrons. The number of carbonyl (C=O) groups excluding carboxylic acids is 2. The van der Waals surface area contributed by atoms with Crippen LogP contribution in [0.4, 0.5) is 0 Å². The van der Waals surface area contributed by atoms with Crippen LogP contribution in [-0.4, -0.2) is 23.6 Å². The Morgan fingerprint density at radius 3 is 2.48 bits per heavy atom. The highest BCUT2D eigenvalue weighted by Gasteiger charge is 2.19. The Hall–Kier alpha value is -3.28. The van der Waals surface area contributed by atoms with Gasteiger partial charge in [0.25, 0.3) is 5.91 Å². The van der Waals surface area contributed by atoms with Gasteiger partial charge in [-0.3, -0.25) is 4.79 Å². The first-order chi connectivity index (χ1) is 15.9. The second kappa shape index (κ2) is 9.69. The third-order valence-corrected chi connectivity index (χ3v) is 6.11. The average molecular weight is 481 g/mol. The van der Waals surface area contributed by atoms with Crippen LogP contribution >= 0.6 is 23.2 Å². The molecular weight excluding hydrogens is 459 g/mol. The van der Waals surface area contributed by atoms with Crippen LogP contribution < -0.4 is 5.32 Å². The Balaban J connectivity index is 1.60. The molecule has 0 spiro atoms. The van der Waals surface area contributed by atoms with Crippen molar-refractivity contribution >= 4 is 46.0 Å². The van der Waals surface area contributed by atoms with E-state index in [-0.39, 0.29) is 11.9 Å². The maximum absolute atomic E-state index is 13.3. The maximum atomic E-state index is 13.3. The largest absolute Gasteiger partial charge is 0.465 e. The van der Waals surface area contributed by atoms with Crippen LogP contribution in [0.2, 0.25) is 10.0 Å². The Morgan fingerprint density at radius 1 is 1.03 bits per heavy atom. The van der Waals surface area contributed by atoms with Crippen molar-refractivity contribution in [3.05, 3.63) is 105 Å². The average Bonchev–Trinajstić information content (AvgIpc) is 3.22. The Labute approximate surface area is 201 Å². The normalized spacial score (nSPS) is 11.9. The molecule has 4 aromatic rings. The highest BCUT2D eigenvalue weighted by Crippen LogP contribution is 2.26. The van der Waals surface area contributed by atoms with E-state index >= 15 is 0 Å². The van der Waals surface area contributed by atoms with Gasteiger partial charge in [-0.05, 0) is 54.4 Å². The summed E-state index contributed by atoms with van der Waals surface area (Å²) in [5.74, 6) is -0.675. The lowest BCUT2D eigenvalue weighted by atomic mass is 10.0. The summed E-state index contributed by atoms with van der Waals surface area (Å²) in [4.78, 5) is 25.0. The number of carbonyl (C=O) groups is 2. The minimum Gasteiger partial charge on any atom is -0.465 e. The minimum absolute atomic E-state index is 0.211. The fraction of sp³-hybridized carbons (Fsp3) is 0.154. The quantitative estimate of drug-likeness (QED) is 0.330. The molecular formula is C26H22Cl2N2O3. The summed E-state index contributed by atoms with van der Waals surface area (Å²) in [5.41, 5.74) is 3.57. The smallest absolute Gasteiger partial charge is 0.337 e. The molecule has 0 aliphatic heterocycles. The zero-order valence-electron chi connectivity index (χ0n) is 18.1. The fourth-order valence-corrected chi connectivity index (χ4v) is 4.31. The van der Waals surface area contributed by atoms with E-state index in [1.54, 1.807) is 18.2 Å². The van der Waals surface area contributed by atoms with Gasteiger partial charge in [-0.2, -0.15) is 0 Å². The van der Waals surface area contributed by atoms with E-state index in [1.165, 1.54) is 7.11 Å². The number of rotatable bonds is 6. The van der Waals surface area contributed by atoms with E-state index in [2.05, 4.69) is 9.88 Å². The molecule has 0 aliphatic rings. The Morgan fingerprint density at radius 2 is 1.79 bits per heavy atom. The lowest BCUT2D eigenvalue weighted by molar-refractivity contribution is 0.0600. The van der Waals surface area contributed by atoms with Gasteiger partial charge < -0.3 is 14.6 Å². The van der Waals surface area contributed by atoms with Crippen LogP contribution in [0.3, 0.4) is 0 Å². The van der Waals surface area contributed by atoms with Crippen LogP contribution in [0.1, 0.15) is 44.8 Å². The van der Waals surface area contributed by atoms with Gasteiger partial charge in [0, 0.05) is 28.2 Å². The highest BCUT2D eigenvalue weighted by molar-refractivity contribution is 6.31. The summed E-state index contributed by atoms with van der Waals surface area (Å²) in [6.07, 6.45) is 1.97. The van der Waals surface area contributed by atoms with E-state index < -0.39 is 5.97 Å². The molecule has 3 aromatic carbocycles. The fourth-order valence-electron chi connectivity index (χ4n) is 3.84. The van der Waals surface area contributed by atoms with E-state index in [0.29, 0.717) is 33.3 Å². The van der Waals surface area contributed by atoms with Gasteiger partial charge in [0.2, 0.25) is 0 Å². The summed E-state index contributed by atoms with van der Waals surface area (Å²) in [7, 11) is 1.32. The number of hydrogen-bond donors (Lipinski definition) is 1. The molecule has 7 heteroatoms. The number of nitrogens with zero attached hydrogens (tertiary/aromatic N) is 1. The van der Waals surface area contributed by atoms with Crippen molar-refractivity contribution in [2.75, 3.05) is 7.11 Å². The molecule has 0 fully saturated rings. The highest BCUT2D eigenvalue weighted by atomic mass is 35.5. The molecule has 4 rings (SSSR count). The number of ether oxygens (including phenoxy) is 1. The predicted octanol–water partition coefficient (Wildman–Crippen LogP) is 6.27. The van der Waals surface area contributed by atoms with Crippen molar-refractivity contribution in [1.82, 2.24) is 9.88 Å². The molecule has 0 bridgehead atoms. The first-order valence-electron chi connectivity index (χ1n) is 10.4. The number of amides is 1. The number of aromatic nitrogens is 1. The molecule has 168 valence electrons. The zero-order chi connectivity index (χ0) is 23.5. The predicted molar refractivity (Wildman–Crippen MR) is 131 cm³/mol. The van der Waals surface area contributed by atoms with Crippen LogP contribution in [0, 0.1) is 0 Å². The molecule has 1 amide bonds. The first kappa shape index (κ1) is 22.9. The molecule has 1 aromatic heterocycles. The lowest BCUT2D eigenvalue weighted by Gasteiger charge is -2.17. The second-order valence-electron chi connectivity index (χ2n) is 7.74. The Bertz CT molecular complexity index is 1330. The number of halogens is 2. The number of esters is 1. The molecule has 33 heavy (non-hydrogen) atoms. The van der Waals surface area contributed by atoms with Crippen LogP contribution in [0.25, 0.3) is 10.9 Å². The number of para-hydroxylation sites is 1. The molecule has 0 saturated heterocycles. The lowest BCUT2D eigenvalue weighted by Crippen LogP contribution is -2.27. The minimum atomic E-state index is -0.465. The topological polar surface area (TPSA) is 60.3 Å². The Kier molecular flexibility index (Phi) is 6.72. The summed E-state index contributed by atoms with van der Waals surface area (Å²) < 4.78 is 6.78. The van der Waals surface area contributed by atoms with Crippen molar-refractivity contribution < 1.29 is 14.3 Å². The molecule has 1 atom stereocenters. The van der Waals surface area contributed by atoms with Gasteiger partial charge in [0.15, 0.2) is 0 Å². The third-order valence-electron chi connectivity index (χ3n) is 5.53. The molecule has 0 unspecified atom stereocenters. The zero-order valence-corrected chi connectivity index (χ0v) is 19.7. The summed E-state index contributed by atoms with van der Waals surface area (Å²) >= 11 is 12.4. The number of nitrogens with one attached hydrogen (secondary N) is 1. The maximum Gasteiger partial charge on any atom is 0.337 e. The molecule has 5 nitrogen and oxygen atoms in total. The monoisotopic (exact) mass is 480 g/mol. The summed E-state index contributed by atoms with van der Waals surface area (Å²) in [6, 6.07) is 19.8. The van der Waals surface area contributed by atoms with Gasteiger partial charge in [0.05, 0.1) is 29.8 Å². The summed E-state index contributed by atoms with van der Waals surface area (Å²) in [5, 5.41) is 5.07. The second-order valence-corrected chi connectivity index (χ2v) is 8.58. The molecule has 0 aliphatic carbocycles. The van der Waals surface area contributed by atoms with Crippen molar-refractivity contribution in [1.29, 1.82) is 0 Å². The third kappa shape index (κ3) is 4.90. The van der Waals surface area contributed by atoms with Crippen molar-refractivity contribution in [2.24, 2.45) is 0 Å². The van der Waals surface area contributed by atoms with Crippen molar-refractivity contribution in [3.63, 3.8) is 0 Å². The molecule has 0 saturated carbocycles. The van der Waals surface area contributed by atoms with Crippen molar-refractivity contribution in [3.8, 4) is 0 Å². The number of fused-ring (bicyclic) bond motifs is 1. The van der Waals surface area contributed by atoms with Gasteiger partial charge in [-0.1, -0.05) is 53.5 Å². The summed E-state index contributed by atoms with van der Waals surface area (Å²) in [6.45, 7) is 2.46. The van der Waals surface area contributed by atoms with Crippen molar-refractivity contribution in [2.45, 2.75) is 19.5 Å². The number of hydrogen-bond acceptors (Lipinski definition) is 3. The molecule has 1 N–H and O–H groups in total. The van der Waals surface area contributed by atoms with Gasteiger partial charge in [0.1, 0.15) is 0 Å². The van der Waals surface area contributed by atoms with Gasteiger partial charge in [-0.25, -0.2) is 4.79 Å². The van der Waals surface area contributed by atoms with E-state index in [1.807, 2.05) is 61.7 Å². The van der Waals surface area contributed by atoms with Crippen LogP contribution in [0.5, 0.6) is 0 Å².